The summed E-state index contributed by atoms with van der Waals surface area (Å²) in [6, 6.07) is 59.3. The van der Waals surface area contributed by atoms with E-state index in [2.05, 4.69) is 187 Å². The van der Waals surface area contributed by atoms with Crippen molar-refractivity contribution in [2.75, 3.05) is 0 Å². The van der Waals surface area contributed by atoms with Crippen molar-refractivity contribution in [3.63, 3.8) is 0 Å². The molecule has 0 saturated heterocycles. The van der Waals surface area contributed by atoms with Gasteiger partial charge in [-0.1, -0.05) is 139 Å². The van der Waals surface area contributed by atoms with Crippen molar-refractivity contribution in [1.29, 1.82) is 0 Å². The Bertz CT molecular complexity index is 3570. The first-order valence-electron chi connectivity index (χ1n) is 19.8. The fourth-order valence-electron chi connectivity index (χ4n) is 8.61. The molecule has 8 aromatic carbocycles. The highest BCUT2D eigenvalue weighted by Crippen LogP contribution is 2.42. The van der Waals surface area contributed by atoms with Gasteiger partial charge >= 0.3 is 0 Å². The molecule has 12 aromatic rings. The summed E-state index contributed by atoms with van der Waals surface area (Å²) in [6.07, 6.45) is 0. The zero-order valence-corrected chi connectivity index (χ0v) is 32.3. The first kappa shape index (κ1) is 33.3. The molecule has 7 heteroatoms. The van der Waals surface area contributed by atoms with Crippen LogP contribution in [0, 0.1) is 13.8 Å². The minimum absolute atomic E-state index is 0.550. The van der Waals surface area contributed by atoms with Crippen molar-refractivity contribution < 1.29 is 4.42 Å². The number of para-hydroxylation sites is 2. The van der Waals surface area contributed by atoms with Crippen molar-refractivity contribution >= 4 is 65.5 Å². The van der Waals surface area contributed by atoms with Crippen LogP contribution in [0.4, 0.5) is 0 Å². The Hall–Kier alpha value is -7.90. The summed E-state index contributed by atoms with van der Waals surface area (Å²) in [4.78, 5) is 20.7. The van der Waals surface area contributed by atoms with Crippen LogP contribution in [0.15, 0.2) is 174 Å². The normalized spacial score (nSPS) is 11.9. The molecule has 0 aliphatic carbocycles. The van der Waals surface area contributed by atoms with Gasteiger partial charge in [-0.25, -0.2) is 9.97 Å². The summed E-state index contributed by atoms with van der Waals surface area (Å²) in [5, 5.41) is 6.82. The second-order valence-electron chi connectivity index (χ2n) is 15.3. The number of benzene rings is 8. The molecule has 4 aromatic heterocycles. The number of hydrogen-bond donors (Lipinski definition) is 0. The molecule has 0 saturated carbocycles. The van der Waals surface area contributed by atoms with Crippen LogP contribution >= 0.6 is 0 Å². The molecule has 4 heterocycles. The molecule has 0 atom stereocenters. The number of aromatic nitrogens is 6. The van der Waals surface area contributed by atoms with Gasteiger partial charge in [0.15, 0.2) is 17.2 Å². The maximum Gasteiger partial charge on any atom is 0.238 e. The van der Waals surface area contributed by atoms with Crippen molar-refractivity contribution in [1.82, 2.24) is 29.1 Å². The van der Waals surface area contributed by atoms with E-state index in [-0.39, 0.29) is 0 Å². The number of hydrogen-bond acceptors (Lipinski definition) is 5. The number of oxazole rings is 1. The molecule has 0 spiro atoms. The zero-order chi connectivity index (χ0) is 39.2. The SMILES string of the molecule is Cc1ccc(-c2nc(-c3ccc(C)cc3)nc(-n3c4ccccc4c4ccc5c6ccccc6n(-c6ccc7oc(-c8ccc9ccccc9c8)nc7c6)c5c43)n2)cc1. The van der Waals surface area contributed by atoms with Crippen LogP contribution in [0.1, 0.15) is 11.1 Å². The van der Waals surface area contributed by atoms with Crippen molar-refractivity contribution in [2.45, 2.75) is 13.8 Å². The molecule has 12 rings (SSSR count). The maximum absolute atomic E-state index is 6.40. The molecule has 0 amide bonds. The summed E-state index contributed by atoms with van der Waals surface area (Å²) in [7, 11) is 0. The Labute approximate surface area is 338 Å². The van der Waals surface area contributed by atoms with Crippen LogP contribution in [0.2, 0.25) is 0 Å². The highest BCUT2D eigenvalue weighted by molar-refractivity contribution is 6.23. The largest absolute Gasteiger partial charge is 0.436 e. The van der Waals surface area contributed by atoms with Crippen LogP contribution < -0.4 is 0 Å². The van der Waals surface area contributed by atoms with Gasteiger partial charge in [0.2, 0.25) is 11.8 Å². The summed E-state index contributed by atoms with van der Waals surface area (Å²) in [5.74, 6) is 2.37. The Morgan fingerprint density at radius 2 is 0.983 bits per heavy atom. The van der Waals surface area contributed by atoms with Gasteiger partial charge in [0.1, 0.15) is 5.52 Å². The Balaban J connectivity index is 1.14. The summed E-state index contributed by atoms with van der Waals surface area (Å²) < 4.78 is 11.0. The average molecular weight is 759 g/mol. The van der Waals surface area contributed by atoms with E-state index in [1.165, 1.54) is 16.5 Å². The molecule has 0 bridgehead atoms. The van der Waals surface area contributed by atoms with Gasteiger partial charge in [0.05, 0.1) is 22.1 Å². The first-order valence-corrected chi connectivity index (χ1v) is 19.8. The van der Waals surface area contributed by atoms with E-state index < -0.39 is 0 Å². The van der Waals surface area contributed by atoms with Gasteiger partial charge in [0, 0.05) is 43.9 Å². The second-order valence-corrected chi connectivity index (χ2v) is 15.3. The Morgan fingerprint density at radius 3 is 1.64 bits per heavy atom. The van der Waals surface area contributed by atoms with Gasteiger partial charge in [0.25, 0.3) is 0 Å². The Kier molecular flexibility index (Phi) is 7.22. The van der Waals surface area contributed by atoms with Crippen molar-refractivity contribution in [3.8, 4) is 45.9 Å². The number of fused-ring (bicyclic) bond motifs is 9. The average Bonchev–Trinajstić information content (AvgIpc) is 3.97. The van der Waals surface area contributed by atoms with E-state index in [1.54, 1.807) is 0 Å². The lowest BCUT2D eigenvalue weighted by molar-refractivity contribution is 0.620. The molecule has 59 heavy (non-hydrogen) atoms. The van der Waals surface area contributed by atoms with Gasteiger partial charge in [-0.15, -0.1) is 0 Å². The Morgan fingerprint density at radius 1 is 0.424 bits per heavy atom. The van der Waals surface area contributed by atoms with E-state index in [1.807, 2.05) is 6.07 Å². The third kappa shape index (κ3) is 5.28. The fraction of sp³-hybridized carbons (Fsp3) is 0.0385. The highest BCUT2D eigenvalue weighted by Gasteiger charge is 2.24. The molecule has 0 N–H and O–H groups in total. The maximum atomic E-state index is 6.40. The van der Waals surface area contributed by atoms with Gasteiger partial charge in [-0.2, -0.15) is 9.97 Å². The standard InChI is InChI=1S/C52H34N6O/c1-31-15-19-34(20-16-31)49-54-50(35-21-17-32(2)18-22-35)56-52(55-49)58-45-14-8-6-12-40(45)42-27-26-41-39-11-5-7-13-44(39)57(47(41)48(42)58)38-25-28-46-43(30-38)53-51(59-46)37-24-23-33-9-3-4-10-36(33)29-37/h3-30H,1-2H3. The van der Waals surface area contributed by atoms with Gasteiger partial charge in [-0.3, -0.25) is 4.57 Å². The summed E-state index contributed by atoms with van der Waals surface area (Å²) >= 11 is 0. The smallest absolute Gasteiger partial charge is 0.238 e. The van der Waals surface area contributed by atoms with Crippen LogP contribution in [0.25, 0.3) is 111 Å². The summed E-state index contributed by atoms with van der Waals surface area (Å²) in [5.41, 5.74) is 11.8. The molecule has 0 unspecified atom stereocenters. The number of rotatable bonds is 5. The highest BCUT2D eigenvalue weighted by atomic mass is 16.3. The lowest BCUT2D eigenvalue weighted by Crippen LogP contribution is -2.07. The van der Waals surface area contributed by atoms with Crippen LogP contribution in [0.3, 0.4) is 0 Å². The van der Waals surface area contributed by atoms with Crippen molar-refractivity contribution in [2.24, 2.45) is 0 Å². The molecule has 7 nitrogen and oxygen atoms in total. The molecular formula is C52H34N6O. The van der Waals surface area contributed by atoms with Crippen LogP contribution in [0.5, 0.6) is 0 Å². The fourth-order valence-corrected chi connectivity index (χ4v) is 8.61. The molecular weight excluding hydrogens is 725 g/mol. The monoisotopic (exact) mass is 758 g/mol. The van der Waals surface area contributed by atoms with E-state index in [9.17, 15) is 0 Å². The number of aryl methyl sites for hydroxylation is 2. The van der Waals surface area contributed by atoms with E-state index in [0.29, 0.717) is 23.5 Å². The second kappa shape index (κ2) is 12.8. The van der Waals surface area contributed by atoms with Crippen LogP contribution in [-0.4, -0.2) is 29.1 Å². The lowest BCUT2D eigenvalue weighted by atomic mass is 10.1. The van der Waals surface area contributed by atoms with Crippen molar-refractivity contribution in [3.05, 3.63) is 181 Å². The minimum Gasteiger partial charge on any atom is -0.436 e. The molecule has 0 aliphatic heterocycles. The molecule has 278 valence electrons. The number of nitrogens with zero attached hydrogens (tertiary/aromatic N) is 6. The van der Waals surface area contributed by atoms with Gasteiger partial charge in [-0.05, 0) is 67.1 Å². The van der Waals surface area contributed by atoms with E-state index in [4.69, 9.17) is 24.4 Å². The molecule has 0 radical (unpaired) electrons. The van der Waals surface area contributed by atoms with E-state index in [0.717, 1.165) is 82.5 Å². The topological polar surface area (TPSA) is 74.6 Å². The third-order valence-electron chi connectivity index (χ3n) is 11.5. The first-order chi connectivity index (χ1) is 29.0. The van der Waals surface area contributed by atoms with Gasteiger partial charge < -0.3 is 8.98 Å². The third-order valence-corrected chi connectivity index (χ3v) is 11.5. The van der Waals surface area contributed by atoms with Crippen LogP contribution in [-0.2, 0) is 0 Å². The zero-order valence-electron chi connectivity index (χ0n) is 32.3. The molecule has 0 fully saturated rings. The summed E-state index contributed by atoms with van der Waals surface area (Å²) in [6.45, 7) is 4.18. The lowest BCUT2D eigenvalue weighted by Gasteiger charge is -2.13. The predicted molar refractivity (Wildman–Crippen MR) is 239 cm³/mol. The van der Waals surface area contributed by atoms with E-state index >= 15 is 0 Å². The quantitative estimate of drug-likeness (QED) is 0.175. The molecule has 0 aliphatic rings. The predicted octanol–water partition coefficient (Wildman–Crippen LogP) is 13.0. The minimum atomic E-state index is 0.550.